The van der Waals surface area contributed by atoms with E-state index < -0.39 is 0 Å². The summed E-state index contributed by atoms with van der Waals surface area (Å²) in [5, 5.41) is 8.60. The average Bonchev–Trinajstić information content (AvgIpc) is 2.62. The van der Waals surface area contributed by atoms with Crippen molar-refractivity contribution >= 4 is 22.4 Å². The number of aryl methyl sites for hydroxylation is 1. The van der Waals surface area contributed by atoms with Gasteiger partial charge in [-0.3, -0.25) is 4.79 Å². The zero-order valence-corrected chi connectivity index (χ0v) is 14.1. The summed E-state index contributed by atoms with van der Waals surface area (Å²) < 4.78 is 0. The molecular formula is C21H22N2O. The number of amides is 1. The molecule has 122 valence electrons. The number of nitrogens with one attached hydrogen (secondary N) is 2. The van der Waals surface area contributed by atoms with E-state index in [1.807, 2.05) is 38.2 Å². The lowest BCUT2D eigenvalue weighted by atomic mass is 10.0. The van der Waals surface area contributed by atoms with Crippen LogP contribution in [0.25, 0.3) is 10.8 Å². The zero-order chi connectivity index (χ0) is 16.9. The van der Waals surface area contributed by atoms with E-state index in [0.29, 0.717) is 6.54 Å². The van der Waals surface area contributed by atoms with Crippen molar-refractivity contribution in [2.75, 3.05) is 18.9 Å². The van der Waals surface area contributed by atoms with Gasteiger partial charge in [0.25, 0.3) is 5.91 Å². The monoisotopic (exact) mass is 318 g/mol. The Morgan fingerprint density at radius 2 is 1.79 bits per heavy atom. The van der Waals surface area contributed by atoms with Crippen LogP contribution in [-0.2, 0) is 6.42 Å². The van der Waals surface area contributed by atoms with Gasteiger partial charge in [-0.25, -0.2) is 0 Å². The summed E-state index contributed by atoms with van der Waals surface area (Å²) in [5.74, 6) is -0.0233. The zero-order valence-electron chi connectivity index (χ0n) is 14.1. The smallest absolute Gasteiger partial charge is 0.251 e. The minimum absolute atomic E-state index is 0.0233. The number of rotatable bonds is 5. The molecule has 3 nitrogen and oxygen atoms in total. The molecule has 0 aliphatic heterocycles. The van der Waals surface area contributed by atoms with Gasteiger partial charge in [0, 0.05) is 24.8 Å². The predicted octanol–water partition coefficient (Wildman–Crippen LogP) is 4.16. The molecule has 0 aliphatic rings. The molecular weight excluding hydrogens is 296 g/mol. The molecule has 3 aromatic rings. The highest BCUT2D eigenvalue weighted by molar-refractivity contribution is 5.96. The lowest BCUT2D eigenvalue weighted by Crippen LogP contribution is -2.26. The number of hydrogen-bond donors (Lipinski definition) is 2. The Kier molecular flexibility index (Phi) is 4.80. The van der Waals surface area contributed by atoms with E-state index in [0.717, 1.165) is 23.2 Å². The molecule has 0 aliphatic carbocycles. The van der Waals surface area contributed by atoms with Crippen molar-refractivity contribution in [2.24, 2.45) is 0 Å². The molecule has 3 rings (SSSR count). The van der Waals surface area contributed by atoms with Gasteiger partial charge in [0.1, 0.15) is 0 Å². The van der Waals surface area contributed by atoms with E-state index in [1.165, 1.54) is 16.3 Å². The van der Waals surface area contributed by atoms with Crippen LogP contribution in [0.3, 0.4) is 0 Å². The summed E-state index contributed by atoms with van der Waals surface area (Å²) in [6, 6.07) is 20.5. The first-order valence-corrected chi connectivity index (χ1v) is 8.22. The Morgan fingerprint density at radius 3 is 2.62 bits per heavy atom. The Labute approximate surface area is 142 Å². The quantitative estimate of drug-likeness (QED) is 0.741. The minimum Gasteiger partial charge on any atom is -0.388 e. The summed E-state index contributed by atoms with van der Waals surface area (Å²) in [5.41, 5.74) is 3.91. The normalized spacial score (nSPS) is 10.6. The molecule has 0 heterocycles. The second kappa shape index (κ2) is 7.18. The molecule has 0 bridgehead atoms. The fourth-order valence-electron chi connectivity index (χ4n) is 2.94. The van der Waals surface area contributed by atoms with Gasteiger partial charge in [0.05, 0.1) is 0 Å². The Morgan fingerprint density at radius 1 is 1.00 bits per heavy atom. The van der Waals surface area contributed by atoms with Crippen molar-refractivity contribution in [2.45, 2.75) is 13.3 Å². The van der Waals surface area contributed by atoms with E-state index in [1.54, 1.807) is 0 Å². The number of fused-ring (bicyclic) bond motifs is 1. The fourth-order valence-corrected chi connectivity index (χ4v) is 2.94. The van der Waals surface area contributed by atoms with Crippen LogP contribution < -0.4 is 10.6 Å². The SMILES string of the molecule is CNc1ccc(C)c(C(=O)NCCc2cccc3ccccc23)c1. The lowest BCUT2D eigenvalue weighted by Gasteiger charge is -2.11. The molecule has 0 spiro atoms. The molecule has 0 radical (unpaired) electrons. The number of carbonyl (C=O) groups excluding carboxylic acids is 1. The highest BCUT2D eigenvalue weighted by atomic mass is 16.1. The largest absolute Gasteiger partial charge is 0.388 e. The maximum Gasteiger partial charge on any atom is 0.251 e. The van der Waals surface area contributed by atoms with Gasteiger partial charge in [0.2, 0.25) is 0 Å². The first kappa shape index (κ1) is 16.1. The van der Waals surface area contributed by atoms with Crippen molar-refractivity contribution in [3.05, 3.63) is 77.4 Å². The second-order valence-electron chi connectivity index (χ2n) is 5.92. The summed E-state index contributed by atoms with van der Waals surface area (Å²) in [6.45, 7) is 2.58. The average molecular weight is 318 g/mol. The number of hydrogen-bond acceptors (Lipinski definition) is 2. The number of carbonyl (C=O) groups is 1. The van der Waals surface area contributed by atoms with Crippen LogP contribution in [0.4, 0.5) is 5.69 Å². The van der Waals surface area contributed by atoms with E-state index >= 15 is 0 Å². The molecule has 1 amide bonds. The summed E-state index contributed by atoms with van der Waals surface area (Å²) in [6.07, 6.45) is 0.817. The van der Waals surface area contributed by atoms with E-state index in [9.17, 15) is 4.79 Å². The van der Waals surface area contributed by atoms with Gasteiger partial charge in [-0.1, -0.05) is 48.5 Å². The van der Waals surface area contributed by atoms with Gasteiger partial charge in [0.15, 0.2) is 0 Å². The molecule has 0 atom stereocenters. The highest BCUT2D eigenvalue weighted by Crippen LogP contribution is 2.19. The van der Waals surface area contributed by atoms with Gasteiger partial charge in [-0.2, -0.15) is 0 Å². The van der Waals surface area contributed by atoms with E-state index in [2.05, 4.69) is 47.0 Å². The van der Waals surface area contributed by atoms with Crippen LogP contribution in [0, 0.1) is 6.92 Å². The van der Waals surface area contributed by atoms with Crippen molar-refractivity contribution in [3.63, 3.8) is 0 Å². The molecule has 0 saturated carbocycles. The molecule has 3 aromatic carbocycles. The third kappa shape index (κ3) is 3.40. The Hall–Kier alpha value is -2.81. The molecule has 3 heteroatoms. The molecule has 0 aromatic heterocycles. The third-order valence-electron chi connectivity index (χ3n) is 4.33. The number of benzene rings is 3. The standard InChI is InChI=1S/C21H22N2O/c1-15-10-11-18(22-2)14-20(15)21(24)23-13-12-17-8-5-7-16-6-3-4-9-19(16)17/h3-11,14,22H,12-13H2,1-2H3,(H,23,24). The minimum atomic E-state index is -0.0233. The lowest BCUT2D eigenvalue weighted by molar-refractivity contribution is 0.0953. The summed E-state index contributed by atoms with van der Waals surface area (Å²) in [7, 11) is 1.85. The van der Waals surface area contributed by atoms with Crippen molar-refractivity contribution in [1.82, 2.24) is 5.32 Å². The number of anilines is 1. The topological polar surface area (TPSA) is 41.1 Å². The van der Waals surface area contributed by atoms with Crippen molar-refractivity contribution in [1.29, 1.82) is 0 Å². The Bertz CT molecular complexity index is 865. The van der Waals surface area contributed by atoms with E-state index in [-0.39, 0.29) is 5.91 Å². The highest BCUT2D eigenvalue weighted by Gasteiger charge is 2.09. The molecule has 0 saturated heterocycles. The van der Waals surface area contributed by atoms with E-state index in [4.69, 9.17) is 0 Å². The van der Waals surface area contributed by atoms with Crippen molar-refractivity contribution < 1.29 is 4.79 Å². The van der Waals surface area contributed by atoms with Crippen LogP contribution in [0.2, 0.25) is 0 Å². The van der Waals surface area contributed by atoms with Crippen LogP contribution in [-0.4, -0.2) is 19.5 Å². The van der Waals surface area contributed by atoms with Crippen LogP contribution in [0.1, 0.15) is 21.5 Å². The first-order chi connectivity index (χ1) is 11.7. The molecule has 0 fully saturated rings. The third-order valence-corrected chi connectivity index (χ3v) is 4.33. The molecule has 2 N–H and O–H groups in total. The second-order valence-corrected chi connectivity index (χ2v) is 5.92. The van der Waals surface area contributed by atoms with Crippen LogP contribution in [0.15, 0.2) is 60.7 Å². The van der Waals surface area contributed by atoms with Gasteiger partial charge in [-0.05, 0) is 47.4 Å². The molecule has 0 unspecified atom stereocenters. The predicted molar refractivity (Wildman–Crippen MR) is 101 cm³/mol. The first-order valence-electron chi connectivity index (χ1n) is 8.22. The van der Waals surface area contributed by atoms with Gasteiger partial charge in [-0.15, -0.1) is 0 Å². The van der Waals surface area contributed by atoms with Crippen molar-refractivity contribution in [3.8, 4) is 0 Å². The fraction of sp³-hybridized carbons (Fsp3) is 0.190. The van der Waals surface area contributed by atoms with Gasteiger partial charge < -0.3 is 10.6 Å². The van der Waals surface area contributed by atoms with Gasteiger partial charge >= 0.3 is 0 Å². The van der Waals surface area contributed by atoms with Crippen LogP contribution >= 0.6 is 0 Å². The Balaban J connectivity index is 1.69. The molecule has 24 heavy (non-hydrogen) atoms. The maximum atomic E-state index is 12.4. The van der Waals surface area contributed by atoms with Crippen LogP contribution in [0.5, 0.6) is 0 Å². The summed E-state index contributed by atoms with van der Waals surface area (Å²) in [4.78, 5) is 12.4. The summed E-state index contributed by atoms with van der Waals surface area (Å²) >= 11 is 0. The maximum absolute atomic E-state index is 12.4.